The molecule has 2 rings (SSSR count). The molecule has 0 spiro atoms. The number of likely N-dealkylation sites (N-methyl/N-ethyl adjacent to an activating group) is 1. The Kier molecular flexibility index (Phi) is 2.36. The Bertz CT molecular complexity index is 433. The van der Waals surface area contributed by atoms with E-state index in [4.69, 9.17) is 11.6 Å². The predicted molar refractivity (Wildman–Crippen MR) is 55.5 cm³/mol. The fourth-order valence-corrected chi connectivity index (χ4v) is 1.74. The van der Waals surface area contributed by atoms with Gasteiger partial charge in [-0.2, -0.15) is 0 Å². The van der Waals surface area contributed by atoms with Gasteiger partial charge < -0.3 is 5.32 Å². The Hall–Kier alpha value is -1.55. The molecule has 78 valence electrons. The average molecular weight is 225 g/mol. The SMILES string of the molecule is CN1C(=O)NC(c2ccccc2Cl)C1=O. The largest absolute Gasteiger partial charge is 0.324 e. The zero-order valence-corrected chi connectivity index (χ0v) is 8.78. The van der Waals surface area contributed by atoms with Crippen molar-refractivity contribution in [1.82, 2.24) is 10.2 Å². The molecule has 0 aliphatic carbocycles. The van der Waals surface area contributed by atoms with Crippen molar-refractivity contribution in [2.45, 2.75) is 6.04 Å². The van der Waals surface area contributed by atoms with E-state index in [2.05, 4.69) is 5.32 Å². The van der Waals surface area contributed by atoms with Gasteiger partial charge in [0, 0.05) is 17.6 Å². The van der Waals surface area contributed by atoms with E-state index in [0.29, 0.717) is 10.6 Å². The number of imide groups is 1. The lowest BCUT2D eigenvalue weighted by molar-refractivity contribution is -0.126. The zero-order chi connectivity index (χ0) is 11.0. The summed E-state index contributed by atoms with van der Waals surface area (Å²) in [6.45, 7) is 0. The Balaban J connectivity index is 2.38. The number of urea groups is 1. The zero-order valence-electron chi connectivity index (χ0n) is 8.03. The number of nitrogens with one attached hydrogen (secondary N) is 1. The third-order valence-electron chi connectivity index (χ3n) is 2.37. The van der Waals surface area contributed by atoms with Crippen LogP contribution < -0.4 is 5.32 Å². The number of benzene rings is 1. The molecule has 0 saturated carbocycles. The Morgan fingerprint density at radius 3 is 2.53 bits per heavy atom. The number of carbonyl (C=O) groups is 2. The summed E-state index contributed by atoms with van der Waals surface area (Å²) in [6.07, 6.45) is 0. The average Bonchev–Trinajstić information content (AvgIpc) is 2.47. The quantitative estimate of drug-likeness (QED) is 0.736. The van der Waals surface area contributed by atoms with E-state index in [1.807, 2.05) is 0 Å². The molecule has 1 aromatic rings. The first-order chi connectivity index (χ1) is 7.11. The van der Waals surface area contributed by atoms with Gasteiger partial charge in [-0.25, -0.2) is 4.79 Å². The highest BCUT2D eigenvalue weighted by Crippen LogP contribution is 2.26. The predicted octanol–water partition coefficient (Wildman–Crippen LogP) is 1.56. The monoisotopic (exact) mass is 224 g/mol. The van der Waals surface area contributed by atoms with Gasteiger partial charge in [-0.05, 0) is 6.07 Å². The van der Waals surface area contributed by atoms with Crippen LogP contribution >= 0.6 is 11.6 Å². The smallest absolute Gasteiger partial charge is 0.322 e. The van der Waals surface area contributed by atoms with Gasteiger partial charge in [0.2, 0.25) is 0 Å². The van der Waals surface area contributed by atoms with Crippen molar-refractivity contribution >= 4 is 23.5 Å². The van der Waals surface area contributed by atoms with Crippen molar-refractivity contribution in [3.05, 3.63) is 34.9 Å². The maximum Gasteiger partial charge on any atom is 0.324 e. The van der Waals surface area contributed by atoms with Gasteiger partial charge in [-0.15, -0.1) is 0 Å². The molecule has 1 atom stereocenters. The van der Waals surface area contributed by atoms with Crippen LogP contribution in [0, 0.1) is 0 Å². The summed E-state index contributed by atoms with van der Waals surface area (Å²) in [6, 6.07) is 5.91. The molecule has 1 fully saturated rings. The number of halogens is 1. The minimum absolute atomic E-state index is 0.284. The van der Waals surface area contributed by atoms with E-state index in [9.17, 15) is 9.59 Å². The van der Waals surface area contributed by atoms with Crippen molar-refractivity contribution in [2.75, 3.05) is 7.05 Å². The third kappa shape index (κ3) is 1.57. The van der Waals surface area contributed by atoms with Gasteiger partial charge >= 0.3 is 6.03 Å². The van der Waals surface area contributed by atoms with Crippen LogP contribution in [0.25, 0.3) is 0 Å². The highest BCUT2D eigenvalue weighted by atomic mass is 35.5. The van der Waals surface area contributed by atoms with Crippen LogP contribution in [0.2, 0.25) is 5.02 Å². The van der Waals surface area contributed by atoms with Gasteiger partial charge in [0.05, 0.1) is 0 Å². The molecule has 1 unspecified atom stereocenters. The lowest BCUT2D eigenvalue weighted by Crippen LogP contribution is -2.25. The molecular formula is C10H9ClN2O2. The fourth-order valence-electron chi connectivity index (χ4n) is 1.50. The lowest BCUT2D eigenvalue weighted by atomic mass is 10.1. The van der Waals surface area contributed by atoms with Crippen molar-refractivity contribution in [1.29, 1.82) is 0 Å². The first kappa shape index (κ1) is 9.98. The van der Waals surface area contributed by atoms with E-state index < -0.39 is 12.1 Å². The summed E-state index contributed by atoms with van der Waals surface area (Å²) in [5, 5.41) is 3.04. The number of rotatable bonds is 1. The summed E-state index contributed by atoms with van der Waals surface area (Å²) in [5.41, 5.74) is 0.627. The van der Waals surface area contributed by atoms with Gasteiger partial charge in [-0.3, -0.25) is 9.69 Å². The number of hydrogen-bond donors (Lipinski definition) is 1. The highest BCUT2D eigenvalue weighted by Gasteiger charge is 2.37. The summed E-state index contributed by atoms with van der Waals surface area (Å²) in [5.74, 6) is -0.284. The van der Waals surface area contributed by atoms with Crippen LogP contribution in [0.3, 0.4) is 0 Å². The minimum Gasteiger partial charge on any atom is -0.322 e. The lowest BCUT2D eigenvalue weighted by Gasteiger charge is -2.09. The molecule has 0 bridgehead atoms. The van der Waals surface area contributed by atoms with Gasteiger partial charge in [-0.1, -0.05) is 29.8 Å². The van der Waals surface area contributed by atoms with E-state index in [0.717, 1.165) is 4.90 Å². The number of carbonyl (C=O) groups excluding carboxylic acids is 2. The molecule has 0 radical (unpaired) electrons. The van der Waals surface area contributed by atoms with E-state index in [1.165, 1.54) is 7.05 Å². The third-order valence-corrected chi connectivity index (χ3v) is 2.71. The first-order valence-corrected chi connectivity index (χ1v) is 4.81. The second-order valence-electron chi connectivity index (χ2n) is 3.30. The van der Waals surface area contributed by atoms with Crippen LogP contribution in [0.4, 0.5) is 4.79 Å². The summed E-state index contributed by atoms with van der Waals surface area (Å²) in [7, 11) is 1.44. The summed E-state index contributed by atoms with van der Waals surface area (Å²) in [4.78, 5) is 23.9. The normalized spacial score (nSPS) is 20.7. The van der Waals surface area contributed by atoms with Gasteiger partial charge in [0.25, 0.3) is 5.91 Å². The standard InChI is InChI=1S/C10H9ClN2O2/c1-13-9(14)8(12-10(13)15)6-4-2-3-5-7(6)11/h2-5,8H,1H3,(H,12,15). The maximum atomic E-state index is 11.7. The summed E-state index contributed by atoms with van der Waals surface area (Å²) < 4.78 is 0. The molecule has 1 aliphatic rings. The Labute approximate surface area is 91.8 Å². The molecule has 15 heavy (non-hydrogen) atoms. The van der Waals surface area contributed by atoms with Crippen molar-refractivity contribution < 1.29 is 9.59 Å². The molecular weight excluding hydrogens is 216 g/mol. The number of nitrogens with zero attached hydrogens (tertiary/aromatic N) is 1. The van der Waals surface area contributed by atoms with Gasteiger partial charge in [0.1, 0.15) is 6.04 Å². The molecule has 5 heteroatoms. The fraction of sp³-hybridized carbons (Fsp3) is 0.200. The van der Waals surface area contributed by atoms with E-state index in [-0.39, 0.29) is 5.91 Å². The molecule has 1 N–H and O–H groups in total. The molecule has 1 heterocycles. The Morgan fingerprint density at radius 2 is 2.00 bits per heavy atom. The van der Waals surface area contributed by atoms with Gasteiger partial charge in [0.15, 0.2) is 0 Å². The maximum absolute atomic E-state index is 11.7. The van der Waals surface area contributed by atoms with Crippen LogP contribution in [-0.2, 0) is 4.79 Å². The number of hydrogen-bond acceptors (Lipinski definition) is 2. The molecule has 1 aliphatic heterocycles. The van der Waals surface area contributed by atoms with Crippen molar-refractivity contribution in [2.24, 2.45) is 0 Å². The van der Waals surface area contributed by atoms with E-state index in [1.54, 1.807) is 24.3 Å². The van der Waals surface area contributed by atoms with Crippen LogP contribution in [0.5, 0.6) is 0 Å². The number of amides is 3. The summed E-state index contributed by atoms with van der Waals surface area (Å²) >= 11 is 5.94. The van der Waals surface area contributed by atoms with Crippen LogP contribution in [0.15, 0.2) is 24.3 Å². The molecule has 0 aromatic heterocycles. The van der Waals surface area contributed by atoms with E-state index >= 15 is 0 Å². The first-order valence-electron chi connectivity index (χ1n) is 4.44. The van der Waals surface area contributed by atoms with Crippen molar-refractivity contribution in [3.63, 3.8) is 0 Å². The topological polar surface area (TPSA) is 49.4 Å². The molecule has 3 amide bonds. The van der Waals surface area contributed by atoms with Crippen LogP contribution in [0.1, 0.15) is 11.6 Å². The van der Waals surface area contributed by atoms with Crippen molar-refractivity contribution in [3.8, 4) is 0 Å². The second kappa shape index (κ2) is 3.55. The molecule has 4 nitrogen and oxygen atoms in total. The Morgan fingerprint density at radius 1 is 1.33 bits per heavy atom. The minimum atomic E-state index is -0.656. The second-order valence-corrected chi connectivity index (χ2v) is 3.71. The highest BCUT2D eigenvalue weighted by molar-refractivity contribution is 6.31. The molecule has 1 saturated heterocycles. The van der Waals surface area contributed by atoms with Crippen LogP contribution in [-0.4, -0.2) is 23.9 Å². The molecule has 1 aromatic carbocycles.